The van der Waals surface area contributed by atoms with Crippen LogP contribution in [0.15, 0.2) is 35.9 Å². The van der Waals surface area contributed by atoms with Gasteiger partial charge in [-0.1, -0.05) is 23.7 Å². The van der Waals surface area contributed by atoms with Crippen LogP contribution >= 0.6 is 11.6 Å². The van der Waals surface area contributed by atoms with E-state index in [0.717, 1.165) is 11.1 Å². The predicted molar refractivity (Wildman–Crippen MR) is 123 cm³/mol. The van der Waals surface area contributed by atoms with E-state index in [1.165, 1.54) is 12.1 Å². The van der Waals surface area contributed by atoms with E-state index in [2.05, 4.69) is 5.32 Å². The van der Waals surface area contributed by atoms with E-state index in [0.29, 0.717) is 17.9 Å². The van der Waals surface area contributed by atoms with Crippen molar-refractivity contribution in [1.29, 1.82) is 5.26 Å². The summed E-state index contributed by atoms with van der Waals surface area (Å²) in [4.78, 5) is 24.3. The second kappa shape index (κ2) is 11.8. The molecule has 0 aliphatic heterocycles. The number of amides is 1. The lowest BCUT2D eigenvalue weighted by Crippen LogP contribution is -2.15. The minimum Gasteiger partial charge on any atom is -0.490 e. The Morgan fingerprint density at radius 1 is 1.16 bits per heavy atom. The smallest absolute Gasteiger partial charge is 0.344 e. The quantitative estimate of drug-likeness (QED) is 0.329. The summed E-state index contributed by atoms with van der Waals surface area (Å²) in [6.07, 6.45) is 1.41. The SMILES string of the molecule is CCOC(=O)COc1c(Cl)cc(/C=C(\C#N)C(=O)Nc2cccc(C)c2C)cc1OCC. The molecule has 32 heavy (non-hydrogen) atoms. The van der Waals surface area contributed by atoms with Gasteiger partial charge in [0.15, 0.2) is 18.1 Å². The Morgan fingerprint density at radius 2 is 1.91 bits per heavy atom. The molecule has 2 aromatic rings. The normalized spacial score (nSPS) is 10.8. The number of ether oxygens (including phenoxy) is 3. The van der Waals surface area contributed by atoms with Crippen LogP contribution in [0.2, 0.25) is 5.02 Å². The van der Waals surface area contributed by atoms with Crippen LogP contribution < -0.4 is 14.8 Å². The highest BCUT2D eigenvalue weighted by molar-refractivity contribution is 6.32. The van der Waals surface area contributed by atoms with Gasteiger partial charge >= 0.3 is 5.97 Å². The number of rotatable bonds is 9. The number of esters is 1. The number of nitrogens with one attached hydrogen (secondary N) is 1. The summed E-state index contributed by atoms with van der Waals surface area (Å²) in [6, 6.07) is 10.6. The van der Waals surface area contributed by atoms with E-state index in [1.807, 2.05) is 32.0 Å². The largest absolute Gasteiger partial charge is 0.490 e. The van der Waals surface area contributed by atoms with Crippen LogP contribution in [0.25, 0.3) is 6.08 Å². The van der Waals surface area contributed by atoms with Crippen molar-refractivity contribution in [3.63, 3.8) is 0 Å². The molecule has 0 fully saturated rings. The van der Waals surface area contributed by atoms with Crippen LogP contribution in [0.3, 0.4) is 0 Å². The van der Waals surface area contributed by atoms with Crippen molar-refractivity contribution >= 4 is 35.2 Å². The number of carbonyl (C=O) groups excluding carboxylic acids is 2. The number of benzene rings is 2. The van der Waals surface area contributed by atoms with Crippen molar-refractivity contribution in [3.05, 3.63) is 57.6 Å². The van der Waals surface area contributed by atoms with E-state index >= 15 is 0 Å². The minimum absolute atomic E-state index is 0.107. The lowest BCUT2D eigenvalue weighted by Gasteiger charge is -2.14. The molecule has 0 aliphatic rings. The summed E-state index contributed by atoms with van der Waals surface area (Å²) in [6.45, 7) is 7.53. The topological polar surface area (TPSA) is 97.7 Å². The molecule has 8 heteroatoms. The first-order chi connectivity index (χ1) is 15.3. The maximum absolute atomic E-state index is 12.7. The molecule has 1 N–H and O–H groups in total. The molecule has 168 valence electrons. The third-order valence-corrected chi connectivity index (χ3v) is 4.78. The Bertz CT molecular complexity index is 1070. The van der Waals surface area contributed by atoms with Crippen LogP contribution in [0.5, 0.6) is 11.5 Å². The Hall–Kier alpha value is -3.50. The number of hydrogen-bond donors (Lipinski definition) is 1. The van der Waals surface area contributed by atoms with Crippen LogP contribution in [0.4, 0.5) is 5.69 Å². The van der Waals surface area contributed by atoms with Gasteiger partial charge in [0.2, 0.25) is 0 Å². The zero-order valence-electron chi connectivity index (χ0n) is 18.5. The van der Waals surface area contributed by atoms with E-state index < -0.39 is 11.9 Å². The van der Waals surface area contributed by atoms with Gasteiger partial charge in [0.1, 0.15) is 11.6 Å². The Labute approximate surface area is 192 Å². The summed E-state index contributed by atoms with van der Waals surface area (Å²) in [5.41, 5.74) is 2.94. The van der Waals surface area contributed by atoms with Crippen LogP contribution in [-0.4, -0.2) is 31.7 Å². The van der Waals surface area contributed by atoms with Crippen molar-refractivity contribution in [3.8, 4) is 17.6 Å². The van der Waals surface area contributed by atoms with E-state index in [1.54, 1.807) is 26.0 Å². The maximum atomic E-state index is 12.7. The monoisotopic (exact) mass is 456 g/mol. The van der Waals surface area contributed by atoms with Crippen molar-refractivity contribution in [1.82, 2.24) is 0 Å². The fourth-order valence-corrected chi connectivity index (χ4v) is 3.07. The number of hydrogen-bond acceptors (Lipinski definition) is 6. The molecular formula is C24H25ClN2O5. The number of aryl methyl sites for hydroxylation is 1. The zero-order valence-corrected chi connectivity index (χ0v) is 19.2. The van der Waals surface area contributed by atoms with Crippen molar-refractivity contribution in [2.24, 2.45) is 0 Å². The van der Waals surface area contributed by atoms with Gasteiger partial charge < -0.3 is 19.5 Å². The number of anilines is 1. The Morgan fingerprint density at radius 3 is 2.56 bits per heavy atom. The second-order valence-corrected chi connectivity index (χ2v) is 7.14. The summed E-state index contributed by atoms with van der Waals surface area (Å²) < 4.78 is 15.9. The van der Waals surface area contributed by atoms with Crippen LogP contribution in [0.1, 0.15) is 30.5 Å². The molecule has 0 bridgehead atoms. The first kappa shape index (κ1) is 24.8. The third kappa shape index (κ3) is 6.50. The molecular weight excluding hydrogens is 432 g/mol. The minimum atomic E-state index is -0.544. The standard InChI is InChI=1S/C24H25ClN2O5/c1-5-30-21-12-17(11-19(25)23(21)32-14-22(28)31-6-2)10-18(13-26)24(29)27-20-9-7-8-15(3)16(20)4/h7-12H,5-6,14H2,1-4H3,(H,27,29)/b18-10+. The highest BCUT2D eigenvalue weighted by Gasteiger charge is 2.16. The number of nitrogens with zero attached hydrogens (tertiary/aromatic N) is 1. The van der Waals surface area contributed by atoms with Crippen molar-refractivity contribution < 1.29 is 23.8 Å². The number of carbonyl (C=O) groups is 2. The van der Waals surface area contributed by atoms with E-state index in [-0.39, 0.29) is 35.3 Å². The first-order valence-corrected chi connectivity index (χ1v) is 10.4. The second-order valence-electron chi connectivity index (χ2n) is 6.73. The van der Waals surface area contributed by atoms with E-state index in [4.69, 9.17) is 25.8 Å². The van der Waals surface area contributed by atoms with Crippen molar-refractivity contribution in [2.75, 3.05) is 25.1 Å². The molecule has 0 heterocycles. The van der Waals surface area contributed by atoms with Gasteiger partial charge in [-0.05, 0) is 68.7 Å². The van der Waals surface area contributed by atoms with Gasteiger partial charge in [0.05, 0.1) is 18.2 Å². The summed E-state index contributed by atoms with van der Waals surface area (Å²) in [5.74, 6) is -0.623. The maximum Gasteiger partial charge on any atom is 0.344 e. The van der Waals surface area contributed by atoms with E-state index in [9.17, 15) is 14.9 Å². The molecule has 7 nitrogen and oxygen atoms in total. The predicted octanol–water partition coefficient (Wildman–Crippen LogP) is 4.84. The van der Waals surface area contributed by atoms with Crippen LogP contribution in [-0.2, 0) is 14.3 Å². The number of nitriles is 1. The van der Waals surface area contributed by atoms with Gasteiger partial charge in [-0.2, -0.15) is 5.26 Å². The lowest BCUT2D eigenvalue weighted by molar-refractivity contribution is -0.145. The molecule has 0 unspecified atom stereocenters. The fourth-order valence-electron chi connectivity index (χ4n) is 2.80. The molecule has 0 aliphatic carbocycles. The zero-order chi connectivity index (χ0) is 23.7. The highest BCUT2D eigenvalue weighted by Crippen LogP contribution is 2.37. The molecule has 0 atom stereocenters. The first-order valence-electron chi connectivity index (χ1n) is 10.0. The molecule has 0 aromatic heterocycles. The molecule has 2 aromatic carbocycles. The fraction of sp³-hybridized carbons (Fsp3) is 0.292. The molecule has 0 spiro atoms. The van der Waals surface area contributed by atoms with Gasteiger partial charge in [0, 0.05) is 5.69 Å². The average molecular weight is 457 g/mol. The van der Waals surface area contributed by atoms with Gasteiger partial charge in [-0.25, -0.2) is 4.79 Å². The summed E-state index contributed by atoms with van der Waals surface area (Å²) in [5, 5.41) is 12.5. The highest BCUT2D eigenvalue weighted by atomic mass is 35.5. The third-order valence-electron chi connectivity index (χ3n) is 4.50. The summed E-state index contributed by atoms with van der Waals surface area (Å²) in [7, 11) is 0. The molecule has 0 saturated carbocycles. The average Bonchev–Trinajstić information content (AvgIpc) is 2.75. The van der Waals surface area contributed by atoms with Gasteiger partial charge in [0.25, 0.3) is 5.91 Å². The number of halogens is 1. The Kier molecular flexibility index (Phi) is 9.11. The van der Waals surface area contributed by atoms with Gasteiger partial charge in [-0.3, -0.25) is 4.79 Å². The molecule has 2 rings (SSSR count). The molecule has 0 radical (unpaired) electrons. The van der Waals surface area contributed by atoms with Gasteiger partial charge in [-0.15, -0.1) is 0 Å². The molecule has 0 saturated heterocycles. The summed E-state index contributed by atoms with van der Waals surface area (Å²) >= 11 is 6.34. The van der Waals surface area contributed by atoms with Crippen molar-refractivity contribution in [2.45, 2.75) is 27.7 Å². The lowest BCUT2D eigenvalue weighted by atomic mass is 10.1. The Balaban J connectivity index is 2.31. The van der Waals surface area contributed by atoms with Crippen LogP contribution in [0, 0.1) is 25.2 Å². The molecule has 1 amide bonds.